The number of aromatic nitrogens is 2. The second-order valence-corrected chi connectivity index (χ2v) is 9.32. The molecule has 0 saturated carbocycles. The molecule has 0 spiro atoms. The summed E-state index contributed by atoms with van der Waals surface area (Å²) < 4.78 is 5.88. The van der Waals surface area contributed by atoms with Crippen LogP contribution in [0.4, 0.5) is 0 Å². The molecular formula is C24H23N3OS. The Balaban J connectivity index is 1.43. The molecule has 5 heteroatoms. The summed E-state index contributed by atoms with van der Waals surface area (Å²) in [5.41, 5.74) is 1.40. The van der Waals surface area contributed by atoms with Crippen LogP contribution in [0, 0.1) is 0 Å². The zero-order chi connectivity index (χ0) is 19.4. The molecule has 29 heavy (non-hydrogen) atoms. The number of fused-ring (bicyclic) bond motifs is 3. The molecule has 0 aliphatic carbocycles. The third kappa shape index (κ3) is 2.83. The molecule has 4 heterocycles. The van der Waals surface area contributed by atoms with Gasteiger partial charge < -0.3 is 4.52 Å². The minimum Gasteiger partial charge on any atom is -0.339 e. The van der Waals surface area contributed by atoms with Gasteiger partial charge in [-0.15, -0.1) is 11.3 Å². The lowest BCUT2D eigenvalue weighted by molar-refractivity contribution is 0.120. The highest BCUT2D eigenvalue weighted by Gasteiger charge is 2.48. The van der Waals surface area contributed by atoms with Crippen LogP contribution < -0.4 is 0 Å². The van der Waals surface area contributed by atoms with Crippen LogP contribution in [0.2, 0.25) is 0 Å². The van der Waals surface area contributed by atoms with E-state index in [4.69, 9.17) is 9.51 Å². The summed E-state index contributed by atoms with van der Waals surface area (Å²) >= 11 is 1.65. The standard InChI is InChI=1S/C24H23N3OS/c1-27-18-10-11-20(27)22(24-25-23(26-28-24)21-7-4-12-29-21)19(14-18)17-9-8-15-5-2-3-6-16(15)13-17/h2-9,12-13,18-20,22H,10-11,14H2,1H3/t18?,19-,20-,22-/m1/s1. The van der Waals surface area contributed by atoms with Crippen LogP contribution in [-0.4, -0.2) is 34.2 Å². The maximum atomic E-state index is 5.88. The second-order valence-electron chi connectivity index (χ2n) is 8.37. The van der Waals surface area contributed by atoms with Crippen LogP contribution >= 0.6 is 11.3 Å². The van der Waals surface area contributed by atoms with E-state index in [0.29, 0.717) is 18.0 Å². The number of thiophene rings is 1. The van der Waals surface area contributed by atoms with Crippen LogP contribution in [0.5, 0.6) is 0 Å². The zero-order valence-electron chi connectivity index (χ0n) is 16.4. The first-order valence-electron chi connectivity index (χ1n) is 10.4. The highest BCUT2D eigenvalue weighted by Crippen LogP contribution is 2.51. The van der Waals surface area contributed by atoms with Crippen molar-refractivity contribution in [1.29, 1.82) is 0 Å². The summed E-state index contributed by atoms with van der Waals surface area (Å²) in [6.07, 6.45) is 3.60. The van der Waals surface area contributed by atoms with E-state index in [-0.39, 0.29) is 5.92 Å². The first-order valence-corrected chi connectivity index (χ1v) is 11.2. The van der Waals surface area contributed by atoms with Gasteiger partial charge in [-0.1, -0.05) is 53.7 Å². The Morgan fingerprint density at radius 1 is 1.03 bits per heavy atom. The van der Waals surface area contributed by atoms with Crippen molar-refractivity contribution < 1.29 is 4.52 Å². The summed E-state index contributed by atoms with van der Waals surface area (Å²) in [5, 5.41) is 8.98. The van der Waals surface area contributed by atoms with Gasteiger partial charge in [0.2, 0.25) is 11.7 Å². The molecule has 2 aromatic heterocycles. The fourth-order valence-electron chi connectivity index (χ4n) is 5.46. The third-order valence-electron chi connectivity index (χ3n) is 6.94. The van der Waals surface area contributed by atoms with E-state index in [0.717, 1.165) is 23.0 Å². The molecule has 4 atom stereocenters. The largest absolute Gasteiger partial charge is 0.339 e. The van der Waals surface area contributed by atoms with E-state index in [2.05, 4.69) is 71.0 Å². The molecule has 2 saturated heterocycles. The molecule has 4 nitrogen and oxygen atoms in total. The molecule has 0 radical (unpaired) electrons. The quantitative estimate of drug-likeness (QED) is 0.443. The van der Waals surface area contributed by atoms with Gasteiger partial charge in [0.15, 0.2) is 0 Å². The minimum absolute atomic E-state index is 0.237. The number of hydrogen-bond donors (Lipinski definition) is 0. The second kappa shape index (κ2) is 6.78. The molecule has 0 amide bonds. The average molecular weight is 402 g/mol. The molecule has 6 rings (SSSR count). The maximum absolute atomic E-state index is 5.88. The fourth-order valence-corrected chi connectivity index (χ4v) is 6.11. The van der Waals surface area contributed by atoms with Crippen LogP contribution in [0.3, 0.4) is 0 Å². The van der Waals surface area contributed by atoms with Crippen molar-refractivity contribution >= 4 is 22.1 Å². The van der Waals surface area contributed by atoms with Gasteiger partial charge in [-0.05, 0) is 60.0 Å². The molecular weight excluding hydrogens is 378 g/mol. The molecule has 2 bridgehead atoms. The smallest absolute Gasteiger partial charge is 0.232 e. The Bertz CT molecular complexity index is 1150. The summed E-state index contributed by atoms with van der Waals surface area (Å²) in [6.45, 7) is 0. The number of nitrogens with zero attached hydrogens (tertiary/aromatic N) is 3. The monoisotopic (exact) mass is 401 g/mol. The molecule has 2 aromatic carbocycles. The van der Waals surface area contributed by atoms with Crippen molar-refractivity contribution in [2.45, 2.75) is 43.2 Å². The Kier molecular flexibility index (Phi) is 4.06. The number of benzene rings is 2. The van der Waals surface area contributed by atoms with Crippen LogP contribution in [0.25, 0.3) is 21.5 Å². The van der Waals surface area contributed by atoms with Crippen molar-refractivity contribution in [2.24, 2.45) is 0 Å². The highest BCUT2D eigenvalue weighted by molar-refractivity contribution is 7.13. The Morgan fingerprint density at radius 3 is 2.79 bits per heavy atom. The van der Waals surface area contributed by atoms with Crippen molar-refractivity contribution in [1.82, 2.24) is 15.0 Å². The topological polar surface area (TPSA) is 42.2 Å². The number of hydrogen-bond acceptors (Lipinski definition) is 5. The van der Waals surface area contributed by atoms with E-state index < -0.39 is 0 Å². The van der Waals surface area contributed by atoms with Gasteiger partial charge in [0.1, 0.15) is 0 Å². The van der Waals surface area contributed by atoms with Gasteiger partial charge in [0.25, 0.3) is 0 Å². The van der Waals surface area contributed by atoms with Gasteiger partial charge in [-0.25, -0.2) is 0 Å². The summed E-state index contributed by atoms with van der Waals surface area (Å²) in [6, 6.07) is 20.7. The van der Waals surface area contributed by atoms with Crippen LogP contribution in [-0.2, 0) is 0 Å². The van der Waals surface area contributed by atoms with E-state index in [1.807, 2.05) is 6.07 Å². The lowest BCUT2D eigenvalue weighted by Crippen LogP contribution is -2.44. The summed E-state index contributed by atoms with van der Waals surface area (Å²) in [4.78, 5) is 8.49. The van der Waals surface area contributed by atoms with Crippen molar-refractivity contribution in [3.8, 4) is 10.7 Å². The van der Waals surface area contributed by atoms with Gasteiger partial charge >= 0.3 is 0 Å². The Labute approximate surface area is 174 Å². The molecule has 4 aromatic rings. The zero-order valence-corrected chi connectivity index (χ0v) is 17.2. The van der Waals surface area contributed by atoms with Crippen molar-refractivity contribution in [3.05, 3.63) is 71.4 Å². The van der Waals surface area contributed by atoms with Gasteiger partial charge in [0.05, 0.1) is 10.8 Å². The Morgan fingerprint density at radius 2 is 1.93 bits per heavy atom. The van der Waals surface area contributed by atoms with E-state index in [1.54, 1.807) is 11.3 Å². The van der Waals surface area contributed by atoms with E-state index >= 15 is 0 Å². The predicted octanol–water partition coefficient (Wildman–Crippen LogP) is 5.69. The predicted molar refractivity (Wildman–Crippen MR) is 116 cm³/mol. The first-order chi connectivity index (χ1) is 14.3. The SMILES string of the molecule is CN1C2CC[C@@H]1[C@H](c1nc(-c3cccs3)no1)[C@@H](c1ccc3ccccc3c1)C2. The van der Waals surface area contributed by atoms with E-state index in [9.17, 15) is 0 Å². The summed E-state index contributed by atoms with van der Waals surface area (Å²) in [5.74, 6) is 2.16. The van der Waals surface area contributed by atoms with E-state index in [1.165, 1.54) is 29.2 Å². The first kappa shape index (κ1) is 17.4. The summed E-state index contributed by atoms with van der Waals surface area (Å²) in [7, 11) is 2.27. The van der Waals surface area contributed by atoms with Crippen LogP contribution in [0.15, 0.2) is 64.5 Å². The van der Waals surface area contributed by atoms with Crippen molar-refractivity contribution in [3.63, 3.8) is 0 Å². The lowest BCUT2D eigenvalue weighted by Gasteiger charge is -2.41. The average Bonchev–Trinajstić information content (AvgIpc) is 3.48. The normalized spacial score (nSPS) is 26.9. The van der Waals surface area contributed by atoms with Crippen LogP contribution in [0.1, 0.15) is 42.6 Å². The molecule has 0 N–H and O–H groups in total. The number of piperidine rings is 1. The molecule has 2 aliphatic heterocycles. The van der Waals surface area contributed by atoms with Gasteiger partial charge in [0, 0.05) is 12.1 Å². The van der Waals surface area contributed by atoms with Crippen molar-refractivity contribution in [2.75, 3.05) is 7.05 Å². The van der Waals surface area contributed by atoms with Gasteiger partial charge in [-0.2, -0.15) is 4.98 Å². The van der Waals surface area contributed by atoms with Gasteiger partial charge in [-0.3, -0.25) is 4.90 Å². The lowest BCUT2D eigenvalue weighted by atomic mass is 9.75. The maximum Gasteiger partial charge on any atom is 0.232 e. The molecule has 2 fully saturated rings. The minimum atomic E-state index is 0.237. The number of likely N-dealkylation sites (N-methyl/N-ethyl adjacent to an activating group) is 1. The highest BCUT2D eigenvalue weighted by atomic mass is 32.1. The number of rotatable bonds is 3. The fraction of sp³-hybridized carbons (Fsp3) is 0.333. The Hall–Kier alpha value is -2.50. The molecule has 146 valence electrons. The molecule has 2 aliphatic rings. The molecule has 1 unspecified atom stereocenters. The third-order valence-corrected chi connectivity index (χ3v) is 7.80.